The highest BCUT2D eigenvalue weighted by atomic mass is 79.9. The van der Waals surface area contributed by atoms with E-state index in [2.05, 4.69) is 26.5 Å². The zero-order chi connectivity index (χ0) is 28.0. The van der Waals surface area contributed by atoms with Gasteiger partial charge in [-0.05, 0) is 51.1 Å². The Morgan fingerprint density at radius 2 is 1.79 bits per heavy atom. The van der Waals surface area contributed by atoms with Crippen LogP contribution in [0.1, 0.15) is 11.1 Å². The number of hydrogen-bond acceptors (Lipinski definition) is 6. The van der Waals surface area contributed by atoms with Crippen molar-refractivity contribution in [1.82, 2.24) is 5.43 Å². The predicted molar refractivity (Wildman–Crippen MR) is 158 cm³/mol. The molecule has 11 heteroatoms. The highest BCUT2D eigenvalue weighted by molar-refractivity contribution is 9.10. The van der Waals surface area contributed by atoms with Gasteiger partial charge in [0.2, 0.25) is 10.0 Å². The molecule has 4 rings (SSSR count). The zero-order valence-corrected chi connectivity index (χ0v) is 24.3. The van der Waals surface area contributed by atoms with Gasteiger partial charge in [0.1, 0.15) is 13.2 Å². The van der Waals surface area contributed by atoms with Crippen LogP contribution in [0, 0.1) is 0 Å². The van der Waals surface area contributed by atoms with E-state index in [4.69, 9.17) is 21.1 Å². The molecule has 4 aromatic rings. The van der Waals surface area contributed by atoms with Crippen molar-refractivity contribution in [2.45, 2.75) is 6.61 Å². The molecule has 0 aromatic heterocycles. The Labute approximate surface area is 240 Å². The second-order valence-electron chi connectivity index (χ2n) is 8.48. The van der Waals surface area contributed by atoms with Crippen molar-refractivity contribution in [3.05, 3.63) is 99.5 Å². The number of benzene rings is 4. The number of nitrogens with zero attached hydrogens (tertiary/aromatic N) is 2. The van der Waals surface area contributed by atoms with Crippen molar-refractivity contribution < 1.29 is 22.7 Å². The van der Waals surface area contributed by atoms with E-state index in [1.165, 1.54) is 13.3 Å². The van der Waals surface area contributed by atoms with Crippen LogP contribution in [-0.2, 0) is 21.4 Å². The zero-order valence-electron chi connectivity index (χ0n) is 21.1. The van der Waals surface area contributed by atoms with Crippen LogP contribution in [0.15, 0.2) is 88.4 Å². The summed E-state index contributed by atoms with van der Waals surface area (Å²) < 4.78 is 38.2. The van der Waals surface area contributed by atoms with Crippen LogP contribution in [-0.4, -0.2) is 40.4 Å². The highest BCUT2D eigenvalue weighted by Crippen LogP contribution is 2.37. The van der Waals surface area contributed by atoms with E-state index in [-0.39, 0.29) is 6.61 Å². The number of rotatable bonds is 10. The molecule has 202 valence electrons. The van der Waals surface area contributed by atoms with E-state index in [0.717, 1.165) is 26.9 Å². The van der Waals surface area contributed by atoms with E-state index >= 15 is 0 Å². The van der Waals surface area contributed by atoms with Crippen molar-refractivity contribution in [3.63, 3.8) is 0 Å². The van der Waals surface area contributed by atoms with E-state index in [9.17, 15) is 13.2 Å². The van der Waals surface area contributed by atoms with Gasteiger partial charge in [-0.2, -0.15) is 5.10 Å². The number of carbonyl (C=O) groups is 1. The largest absolute Gasteiger partial charge is 0.493 e. The molecule has 0 fully saturated rings. The van der Waals surface area contributed by atoms with Crippen LogP contribution < -0.4 is 19.2 Å². The molecule has 0 aliphatic carbocycles. The van der Waals surface area contributed by atoms with Gasteiger partial charge < -0.3 is 9.47 Å². The third kappa shape index (κ3) is 7.08. The number of hydrazone groups is 1. The molecule has 0 spiro atoms. The molecule has 0 heterocycles. The molecule has 0 atom stereocenters. The molecule has 0 saturated carbocycles. The molecule has 1 amide bonds. The molecular weight excluding hydrogens is 606 g/mol. The summed E-state index contributed by atoms with van der Waals surface area (Å²) in [5.41, 5.74) is 4.25. The van der Waals surface area contributed by atoms with Gasteiger partial charge in [-0.25, -0.2) is 13.8 Å². The first-order valence-corrected chi connectivity index (χ1v) is 14.7. The summed E-state index contributed by atoms with van der Waals surface area (Å²) in [6.07, 6.45) is 2.48. The number of anilines is 1. The predicted octanol–water partition coefficient (Wildman–Crippen LogP) is 5.76. The molecule has 4 aromatic carbocycles. The lowest BCUT2D eigenvalue weighted by Crippen LogP contribution is -2.39. The summed E-state index contributed by atoms with van der Waals surface area (Å²) in [5, 5.41) is 6.18. The average molecular weight is 631 g/mol. The molecule has 0 aliphatic heterocycles. The van der Waals surface area contributed by atoms with Gasteiger partial charge in [-0.1, -0.05) is 66.2 Å². The van der Waals surface area contributed by atoms with Crippen LogP contribution in [0.4, 0.5) is 5.69 Å². The van der Waals surface area contributed by atoms with E-state index in [0.29, 0.717) is 32.2 Å². The second-order valence-corrected chi connectivity index (χ2v) is 11.6. The average Bonchev–Trinajstić information content (AvgIpc) is 2.91. The van der Waals surface area contributed by atoms with Gasteiger partial charge in [-0.3, -0.25) is 9.10 Å². The first-order chi connectivity index (χ1) is 18.7. The second kappa shape index (κ2) is 12.5. The van der Waals surface area contributed by atoms with Gasteiger partial charge in [0.15, 0.2) is 11.5 Å². The standard InChI is InChI=1S/C28H25BrClN3O5S/c1-37-26-15-19(14-23(29)28(26)38-18-21-9-4-6-12-24(21)30)16-31-32-27(34)17-33(39(2,35)36)25-13-7-10-20-8-3-5-11-22(20)25/h3-16H,17-18H2,1-2H3,(H,32,34)/b31-16-. The Morgan fingerprint density at radius 1 is 1.08 bits per heavy atom. The summed E-state index contributed by atoms with van der Waals surface area (Å²) in [5.74, 6) is 0.330. The summed E-state index contributed by atoms with van der Waals surface area (Å²) in [6.45, 7) is -0.197. The highest BCUT2D eigenvalue weighted by Gasteiger charge is 2.22. The van der Waals surface area contributed by atoms with Gasteiger partial charge >= 0.3 is 0 Å². The number of nitrogens with one attached hydrogen (secondary N) is 1. The van der Waals surface area contributed by atoms with Crippen LogP contribution >= 0.6 is 27.5 Å². The number of methoxy groups -OCH3 is 1. The molecule has 39 heavy (non-hydrogen) atoms. The molecule has 1 N–H and O–H groups in total. The van der Waals surface area contributed by atoms with Crippen molar-refractivity contribution >= 4 is 66.1 Å². The van der Waals surface area contributed by atoms with Crippen LogP contribution in [0.3, 0.4) is 0 Å². The molecular formula is C28H25BrClN3O5S. The van der Waals surface area contributed by atoms with E-state index < -0.39 is 22.5 Å². The van der Waals surface area contributed by atoms with Crippen molar-refractivity contribution in [2.24, 2.45) is 5.10 Å². The number of amides is 1. The quantitative estimate of drug-likeness (QED) is 0.178. The normalized spacial score (nSPS) is 11.5. The Bertz CT molecular complexity index is 1640. The molecule has 8 nitrogen and oxygen atoms in total. The maximum atomic E-state index is 12.7. The summed E-state index contributed by atoms with van der Waals surface area (Å²) in [7, 11) is -2.24. The third-order valence-electron chi connectivity index (χ3n) is 5.71. The van der Waals surface area contributed by atoms with Gasteiger partial charge in [0, 0.05) is 16.0 Å². The molecule has 0 radical (unpaired) electrons. The lowest BCUT2D eigenvalue weighted by Gasteiger charge is -2.23. The third-order valence-corrected chi connectivity index (χ3v) is 7.79. The van der Waals surface area contributed by atoms with E-state index in [1.807, 2.05) is 48.5 Å². The fourth-order valence-electron chi connectivity index (χ4n) is 3.87. The molecule has 0 bridgehead atoms. The van der Waals surface area contributed by atoms with Crippen LogP contribution in [0.25, 0.3) is 10.8 Å². The Morgan fingerprint density at radius 3 is 2.54 bits per heavy atom. The fourth-order valence-corrected chi connectivity index (χ4v) is 5.50. The number of hydrogen-bond donors (Lipinski definition) is 1. The number of sulfonamides is 1. The lowest BCUT2D eigenvalue weighted by molar-refractivity contribution is -0.119. The first-order valence-electron chi connectivity index (χ1n) is 11.7. The number of halogens is 2. The minimum Gasteiger partial charge on any atom is -0.493 e. The van der Waals surface area contributed by atoms with Gasteiger partial charge in [-0.15, -0.1) is 0 Å². The van der Waals surface area contributed by atoms with Gasteiger partial charge in [0.25, 0.3) is 5.91 Å². The Kier molecular flexibility index (Phi) is 9.11. The van der Waals surface area contributed by atoms with Crippen molar-refractivity contribution in [3.8, 4) is 11.5 Å². The summed E-state index contributed by atoms with van der Waals surface area (Å²) >= 11 is 9.71. The fraction of sp³-hybridized carbons (Fsp3) is 0.143. The number of ether oxygens (including phenoxy) is 2. The van der Waals surface area contributed by atoms with Crippen molar-refractivity contribution in [1.29, 1.82) is 0 Å². The number of fused-ring (bicyclic) bond motifs is 1. The summed E-state index contributed by atoms with van der Waals surface area (Å²) in [6, 6.07) is 23.5. The monoisotopic (exact) mass is 629 g/mol. The topological polar surface area (TPSA) is 97.3 Å². The van der Waals surface area contributed by atoms with E-state index in [1.54, 1.807) is 30.3 Å². The molecule has 0 unspecified atom stereocenters. The maximum absolute atomic E-state index is 12.7. The van der Waals surface area contributed by atoms with Gasteiger partial charge in [0.05, 0.1) is 29.7 Å². The lowest BCUT2D eigenvalue weighted by atomic mass is 10.1. The minimum atomic E-state index is -3.75. The van der Waals surface area contributed by atoms with Crippen LogP contribution in [0.5, 0.6) is 11.5 Å². The Hall–Kier alpha value is -3.60. The molecule has 0 aliphatic rings. The SMILES string of the molecule is COc1cc(/C=N\NC(=O)CN(c2cccc3ccccc23)S(C)(=O)=O)cc(Br)c1OCc1ccccc1Cl. The van der Waals surface area contributed by atoms with Crippen molar-refractivity contribution in [2.75, 3.05) is 24.2 Å². The summed E-state index contributed by atoms with van der Waals surface area (Å²) in [4.78, 5) is 12.7. The Balaban J connectivity index is 1.47. The van der Waals surface area contributed by atoms with Crippen LogP contribution in [0.2, 0.25) is 5.02 Å². The number of carbonyl (C=O) groups excluding carboxylic acids is 1. The molecule has 0 saturated heterocycles. The minimum absolute atomic E-state index is 0.242. The first kappa shape index (κ1) is 28.4. The maximum Gasteiger partial charge on any atom is 0.260 e. The smallest absolute Gasteiger partial charge is 0.260 e.